The predicted molar refractivity (Wildman–Crippen MR) is 83.2 cm³/mol. The zero-order valence-electron chi connectivity index (χ0n) is 10.9. The number of fused-ring (bicyclic) bond motifs is 1. The van der Waals surface area contributed by atoms with Gasteiger partial charge in [0.15, 0.2) is 0 Å². The van der Waals surface area contributed by atoms with Crippen molar-refractivity contribution in [2.45, 2.75) is 0 Å². The SMILES string of the molecule is COc1c(Cl)cc2ncccc2c1-c1ccccc1N. The Kier molecular flexibility index (Phi) is 3.20. The molecule has 3 nitrogen and oxygen atoms in total. The minimum Gasteiger partial charge on any atom is -0.495 e. The molecule has 0 bridgehead atoms. The molecule has 4 heteroatoms. The van der Waals surface area contributed by atoms with Gasteiger partial charge in [0.2, 0.25) is 0 Å². The highest BCUT2D eigenvalue weighted by Crippen LogP contribution is 2.43. The zero-order valence-corrected chi connectivity index (χ0v) is 11.7. The third kappa shape index (κ3) is 1.96. The van der Waals surface area contributed by atoms with E-state index in [0.29, 0.717) is 16.5 Å². The maximum absolute atomic E-state index is 6.30. The van der Waals surface area contributed by atoms with Gasteiger partial charge in [0.1, 0.15) is 5.75 Å². The number of nitrogens with zero attached hydrogens (tertiary/aromatic N) is 1. The van der Waals surface area contributed by atoms with Crippen LogP contribution in [0.1, 0.15) is 0 Å². The molecule has 3 aromatic rings. The summed E-state index contributed by atoms with van der Waals surface area (Å²) in [5, 5.41) is 1.49. The average molecular weight is 285 g/mol. The summed E-state index contributed by atoms with van der Waals surface area (Å²) in [7, 11) is 1.60. The summed E-state index contributed by atoms with van der Waals surface area (Å²) in [5.74, 6) is 0.616. The number of benzene rings is 2. The standard InChI is InChI=1S/C16H13ClN2O/c1-20-16-12(17)9-14-11(6-4-8-19-14)15(16)10-5-2-3-7-13(10)18/h2-9H,18H2,1H3. The first-order valence-corrected chi connectivity index (χ1v) is 6.56. The van der Waals surface area contributed by atoms with Gasteiger partial charge in [-0.15, -0.1) is 0 Å². The largest absolute Gasteiger partial charge is 0.495 e. The number of pyridine rings is 1. The fourth-order valence-corrected chi connectivity index (χ4v) is 2.64. The summed E-state index contributed by atoms with van der Waals surface area (Å²) in [6.45, 7) is 0. The van der Waals surface area contributed by atoms with Gasteiger partial charge in [-0.1, -0.05) is 35.9 Å². The van der Waals surface area contributed by atoms with Gasteiger partial charge in [-0.05, 0) is 18.2 Å². The second-order valence-corrected chi connectivity index (χ2v) is 4.83. The minimum absolute atomic E-state index is 0.525. The highest BCUT2D eigenvalue weighted by Gasteiger charge is 2.16. The topological polar surface area (TPSA) is 48.1 Å². The normalized spacial score (nSPS) is 10.7. The van der Waals surface area contributed by atoms with E-state index in [9.17, 15) is 0 Å². The van der Waals surface area contributed by atoms with E-state index in [1.165, 1.54) is 0 Å². The Morgan fingerprint density at radius 2 is 1.95 bits per heavy atom. The Morgan fingerprint density at radius 1 is 1.15 bits per heavy atom. The van der Waals surface area contributed by atoms with Gasteiger partial charge in [0, 0.05) is 28.4 Å². The molecule has 0 atom stereocenters. The second kappa shape index (κ2) is 5.02. The Morgan fingerprint density at radius 3 is 2.70 bits per heavy atom. The van der Waals surface area contributed by atoms with Gasteiger partial charge in [-0.2, -0.15) is 0 Å². The molecule has 2 aromatic carbocycles. The van der Waals surface area contributed by atoms with Crippen molar-refractivity contribution >= 4 is 28.2 Å². The number of methoxy groups -OCH3 is 1. The van der Waals surface area contributed by atoms with Crippen molar-refractivity contribution in [2.24, 2.45) is 0 Å². The van der Waals surface area contributed by atoms with Gasteiger partial charge in [-0.25, -0.2) is 0 Å². The molecule has 0 spiro atoms. The summed E-state index contributed by atoms with van der Waals surface area (Å²) >= 11 is 6.30. The molecule has 0 unspecified atom stereocenters. The van der Waals surface area contributed by atoms with Crippen LogP contribution in [0.25, 0.3) is 22.0 Å². The fraction of sp³-hybridized carbons (Fsp3) is 0.0625. The quantitative estimate of drug-likeness (QED) is 0.719. The van der Waals surface area contributed by atoms with Gasteiger partial charge >= 0.3 is 0 Å². The lowest BCUT2D eigenvalue weighted by atomic mass is 9.98. The molecule has 0 saturated heterocycles. The Labute approximate surface area is 122 Å². The second-order valence-electron chi connectivity index (χ2n) is 4.42. The molecule has 0 aliphatic rings. The number of aromatic nitrogens is 1. The van der Waals surface area contributed by atoms with Gasteiger partial charge in [-0.3, -0.25) is 4.98 Å². The van der Waals surface area contributed by atoms with Crippen molar-refractivity contribution in [3.63, 3.8) is 0 Å². The van der Waals surface area contributed by atoms with Crippen LogP contribution in [0, 0.1) is 0 Å². The monoisotopic (exact) mass is 284 g/mol. The highest BCUT2D eigenvalue weighted by atomic mass is 35.5. The van der Waals surface area contributed by atoms with E-state index in [1.54, 1.807) is 19.4 Å². The number of para-hydroxylation sites is 1. The molecule has 0 amide bonds. The number of nitrogen functional groups attached to an aromatic ring is 1. The zero-order chi connectivity index (χ0) is 14.1. The number of rotatable bonds is 2. The lowest BCUT2D eigenvalue weighted by Crippen LogP contribution is -1.95. The average Bonchev–Trinajstić information content (AvgIpc) is 2.46. The lowest BCUT2D eigenvalue weighted by Gasteiger charge is -2.15. The van der Waals surface area contributed by atoms with E-state index in [2.05, 4.69) is 4.98 Å². The first-order valence-electron chi connectivity index (χ1n) is 6.18. The van der Waals surface area contributed by atoms with Crippen LogP contribution in [-0.2, 0) is 0 Å². The number of anilines is 1. The maximum atomic E-state index is 6.30. The van der Waals surface area contributed by atoms with Crippen LogP contribution in [-0.4, -0.2) is 12.1 Å². The lowest BCUT2D eigenvalue weighted by molar-refractivity contribution is 0.417. The van der Waals surface area contributed by atoms with Crippen LogP contribution in [0.4, 0.5) is 5.69 Å². The van der Waals surface area contributed by atoms with E-state index in [4.69, 9.17) is 22.1 Å². The Bertz CT molecular complexity index is 787. The molecule has 20 heavy (non-hydrogen) atoms. The van der Waals surface area contributed by atoms with Crippen molar-refractivity contribution in [3.8, 4) is 16.9 Å². The highest BCUT2D eigenvalue weighted by molar-refractivity contribution is 6.34. The number of ether oxygens (including phenoxy) is 1. The molecule has 0 fully saturated rings. The first-order chi connectivity index (χ1) is 9.72. The summed E-state index contributed by atoms with van der Waals surface area (Å²) in [4.78, 5) is 4.35. The number of nitrogens with two attached hydrogens (primary N) is 1. The van der Waals surface area contributed by atoms with Crippen LogP contribution < -0.4 is 10.5 Å². The summed E-state index contributed by atoms with van der Waals surface area (Å²) in [6, 6.07) is 13.3. The predicted octanol–water partition coefficient (Wildman–Crippen LogP) is 4.15. The number of hydrogen-bond donors (Lipinski definition) is 1. The van der Waals surface area contributed by atoms with E-state index >= 15 is 0 Å². The van der Waals surface area contributed by atoms with Crippen LogP contribution in [0.5, 0.6) is 5.75 Å². The third-order valence-corrected chi connectivity index (χ3v) is 3.53. The van der Waals surface area contributed by atoms with E-state index in [-0.39, 0.29) is 0 Å². The van der Waals surface area contributed by atoms with Crippen molar-refractivity contribution in [1.82, 2.24) is 4.98 Å². The van der Waals surface area contributed by atoms with E-state index < -0.39 is 0 Å². The van der Waals surface area contributed by atoms with Crippen molar-refractivity contribution in [2.75, 3.05) is 12.8 Å². The molecule has 3 rings (SSSR count). The molecule has 0 aliphatic heterocycles. The summed E-state index contributed by atoms with van der Waals surface area (Å²) < 4.78 is 5.48. The molecule has 0 saturated carbocycles. The van der Waals surface area contributed by atoms with Crippen molar-refractivity contribution < 1.29 is 4.74 Å². The van der Waals surface area contributed by atoms with Gasteiger partial charge in [0.05, 0.1) is 17.6 Å². The van der Waals surface area contributed by atoms with E-state index in [0.717, 1.165) is 22.0 Å². The Hall–Kier alpha value is -2.26. The van der Waals surface area contributed by atoms with Crippen LogP contribution in [0.15, 0.2) is 48.7 Å². The Balaban J connectivity index is 2.47. The fourth-order valence-electron chi connectivity index (χ4n) is 2.36. The molecule has 0 aliphatic carbocycles. The van der Waals surface area contributed by atoms with Gasteiger partial charge in [0.25, 0.3) is 0 Å². The number of hydrogen-bond acceptors (Lipinski definition) is 3. The van der Waals surface area contributed by atoms with Crippen molar-refractivity contribution in [3.05, 3.63) is 53.7 Å². The van der Waals surface area contributed by atoms with Gasteiger partial charge < -0.3 is 10.5 Å². The molecule has 0 radical (unpaired) electrons. The van der Waals surface area contributed by atoms with Crippen molar-refractivity contribution in [1.29, 1.82) is 0 Å². The molecule has 1 heterocycles. The molecule has 1 aromatic heterocycles. The smallest absolute Gasteiger partial charge is 0.146 e. The van der Waals surface area contributed by atoms with E-state index in [1.807, 2.05) is 36.4 Å². The molecular weight excluding hydrogens is 272 g/mol. The molecule has 100 valence electrons. The third-order valence-electron chi connectivity index (χ3n) is 3.25. The first kappa shape index (κ1) is 12.8. The van der Waals surface area contributed by atoms with Crippen LogP contribution >= 0.6 is 11.6 Å². The summed E-state index contributed by atoms with van der Waals surface area (Å²) in [5.41, 5.74) is 9.36. The maximum Gasteiger partial charge on any atom is 0.146 e. The molecular formula is C16H13ClN2O. The number of halogens is 1. The van der Waals surface area contributed by atoms with Crippen LogP contribution in [0.2, 0.25) is 5.02 Å². The summed E-state index contributed by atoms with van der Waals surface area (Å²) in [6.07, 6.45) is 1.74. The molecule has 2 N–H and O–H groups in total. The van der Waals surface area contributed by atoms with Crippen LogP contribution in [0.3, 0.4) is 0 Å². The minimum atomic E-state index is 0.525.